The molecule has 2 rings (SSSR count). The number of carbonyl (C=O) groups excluding carboxylic acids is 1. The van der Waals surface area contributed by atoms with Crippen LogP contribution < -0.4 is 14.8 Å². The van der Waals surface area contributed by atoms with E-state index in [0.717, 1.165) is 24.0 Å². The summed E-state index contributed by atoms with van der Waals surface area (Å²) < 4.78 is 47.6. The van der Waals surface area contributed by atoms with Gasteiger partial charge in [-0.15, -0.1) is 0 Å². The molecule has 12 heteroatoms. The number of aromatic nitrogens is 4. The van der Waals surface area contributed by atoms with Crippen LogP contribution in [0.1, 0.15) is 5.69 Å². The number of carbonyl (C=O) groups is 1. The van der Waals surface area contributed by atoms with Crippen LogP contribution in [0.15, 0.2) is 23.5 Å². The van der Waals surface area contributed by atoms with E-state index in [0.29, 0.717) is 0 Å². The minimum absolute atomic E-state index is 0.0632. The molecular formula is C13H12F3N5O3S. The molecule has 0 aliphatic rings. The van der Waals surface area contributed by atoms with E-state index in [-0.39, 0.29) is 28.6 Å². The fourth-order valence-electron chi connectivity index (χ4n) is 1.53. The van der Waals surface area contributed by atoms with E-state index in [4.69, 9.17) is 9.47 Å². The fourth-order valence-corrected chi connectivity index (χ4v) is 2.16. The smallest absolute Gasteiger partial charge is 0.433 e. The summed E-state index contributed by atoms with van der Waals surface area (Å²) in [4.78, 5) is 26.7. The number of methoxy groups -OCH3 is 2. The number of thioether (sulfide) groups is 1. The van der Waals surface area contributed by atoms with Gasteiger partial charge in [-0.25, -0.2) is 9.97 Å². The highest BCUT2D eigenvalue weighted by molar-refractivity contribution is 7.99. The van der Waals surface area contributed by atoms with Gasteiger partial charge in [0.25, 0.3) is 0 Å². The second-order valence-corrected chi connectivity index (χ2v) is 5.28. The number of rotatable bonds is 6. The zero-order valence-electron chi connectivity index (χ0n) is 13.0. The predicted molar refractivity (Wildman–Crippen MR) is 81.5 cm³/mol. The minimum atomic E-state index is -4.58. The molecule has 1 N–H and O–H groups in total. The fraction of sp³-hybridized carbons (Fsp3) is 0.308. The van der Waals surface area contributed by atoms with Crippen molar-refractivity contribution in [1.82, 2.24) is 19.9 Å². The summed E-state index contributed by atoms with van der Waals surface area (Å²) in [6, 6.07) is 2.17. The molecule has 0 aliphatic heterocycles. The number of hydrogen-bond acceptors (Lipinski definition) is 8. The van der Waals surface area contributed by atoms with Gasteiger partial charge in [-0.3, -0.25) is 10.1 Å². The van der Waals surface area contributed by atoms with Gasteiger partial charge in [0.05, 0.1) is 26.0 Å². The van der Waals surface area contributed by atoms with Gasteiger partial charge in [0.15, 0.2) is 5.16 Å². The van der Waals surface area contributed by atoms with Crippen molar-refractivity contribution in [2.45, 2.75) is 11.3 Å². The van der Waals surface area contributed by atoms with Crippen LogP contribution >= 0.6 is 11.8 Å². The topological polar surface area (TPSA) is 99.1 Å². The number of nitrogens with one attached hydrogen (secondary N) is 1. The number of halogens is 3. The normalized spacial score (nSPS) is 11.1. The number of alkyl halides is 3. The molecule has 0 saturated heterocycles. The van der Waals surface area contributed by atoms with Crippen molar-refractivity contribution in [3.05, 3.63) is 24.0 Å². The Kier molecular flexibility index (Phi) is 5.96. The third-order valence-corrected chi connectivity index (χ3v) is 3.47. The Bertz CT molecular complexity index is 738. The van der Waals surface area contributed by atoms with E-state index in [2.05, 4.69) is 25.3 Å². The van der Waals surface area contributed by atoms with Crippen LogP contribution in [0.25, 0.3) is 0 Å². The molecule has 0 unspecified atom stereocenters. The van der Waals surface area contributed by atoms with E-state index in [1.165, 1.54) is 20.3 Å². The average molecular weight is 375 g/mol. The van der Waals surface area contributed by atoms with Crippen molar-refractivity contribution in [1.29, 1.82) is 0 Å². The monoisotopic (exact) mass is 375 g/mol. The molecule has 2 aromatic rings. The second kappa shape index (κ2) is 7.96. The first-order chi connectivity index (χ1) is 11.8. The van der Waals surface area contributed by atoms with E-state index in [1.807, 2.05) is 0 Å². The molecule has 1 amide bonds. The SMILES string of the molecule is COc1cc(OC)nc(NC(=O)CSc2nccc(C(F)(F)F)n2)n1. The number of amides is 1. The molecule has 0 radical (unpaired) electrons. The van der Waals surface area contributed by atoms with Crippen LogP contribution in [0.4, 0.5) is 19.1 Å². The van der Waals surface area contributed by atoms with E-state index >= 15 is 0 Å². The summed E-state index contributed by atoms with van der Waals surface area (Å²) in [6.45, 7) is 0. The van der Waals surface area contributed by atoms with E-state index < -0.39 is 17.8 Å². The van der Waals surface area contributed by atoms with Gasteiger partial charge in [-0.05, 0) is 6.07 Å². The number of hydrogen-bond donors (Lipinski definition) is 1. The Morgan fingerprint density at radius 2 is 1.84 bits per heavy atom. The maximum atomic E-state index is 12.6. The summed E-state index contributed by atoms with van der Waals surface area (Å²) in [6.07, 6.45) is -3.60. The molecule has 0 fully saturated rings. The van der Waals surface area contributed by atoms with Gasteiger partial charge >= 0.3 is 6.18 Å². The van der Waals surface area contributed by atoms with Crippen molar-refractivity contribution >= 4 is 23.6 Å². The van der Waals surface area contributed by atoms with Crippen molar-refractivity contribution in [3.63, 3.8) is 0 Å². The predicted octanol–water partition coefficient (Wildman–Crippen LogP) is 2.03. The Labute approximate surface area is 144 Å². The lowest BCUT2D eigenvalue weighted by atomic mass is 10.4. The molecule has 2 aromatic heterocycles. The van der Waals surface area contributed by atoms with Gasteiger partial charge in [0.1, 0.15) is 5.69 Å². The van der Waals surface area contributed by atoms with Crippen LogP contribution in [0.3, 0.4) is 0 Å². The van der Waals surface area contributed by atoms with Crippen LogP contribution in [-0.4, -0.2) is 45.8 Å². The molecule has 134 valence electrons. The molecule has 25 heavy (non-hydrogen) atoms. The third-order valence-electron chi connectivity index (χ3n) is 2.60. The van der Waals surface area contributed by atoms with Crippen molar-refractivity contribution < 1.29 is 27.4 Å². The van der Waals surface area contributed by atoms with Crippen LogP contribution in [0, 0.1) is 0 Å². The number of ether oxygens (including phenoxy) is 2. The summed E-state index contributed by atoms with van der Waals surface area (Å²) in [7, 11) is 2.77. The highest BCUT2D eigenvalue weighted by Crippen LogP contribution is 2.28. The molecule has 0 bridgehead atoms. The lowest BCUT2D eigenvalue weighted by molar-refractivity contribution is -0.141. The van der Waals surface area contributed by atoms with Gasteiger partial charge < -0.3 is 9.47 Å². The van der Waals surface area contributed by atoms with Gasteiger partial charge in [0.2, 0.25) is 23.6 Å². The molecule has 0 saturated carbocycles. The summed E-state index contributed by atoms with van der Waals surface area (Å²) >= 11 is 0.746. The molecule has 0 atom stereocenters. The van der Waals surface area contributed by atoms with Crippen molar-refractivity contribution in [3.8, 4) is 11.8 Å². The average Bonchev–Trinajstić information content (AvgIpc) is 2.59. The van der Waals surface area contributed by atoms with Gasteiger partial charge in [-0.2, -0.15) is 23.1 Å². The largest absolute Gasteiger partial charge is 0.481 e. The lowest BCUT2D eigenvalue weighted by Gasteiger charge is -2.08. The third kappa shape index (κ3) is 5.45. The van der Waals surface area contributed by atoms with Crippen molar-refractivity contribution in [2.75, 3.05) is 25.3 Å². The van der Waals surface area contributed by atoms with Crippen LogP contribution in [0.2, 0.25) is 0 Å². The van der Waals surface area contributed by atoms with Crippen molar-refractivity contribution in [2.24, 2.45) is 0 Å². The molecule has 0 aliphatic carbocycles. The number of nitrogens with zero attached hydrogens (tertiary/aromatic N) is 4. The Morgan fingerprint density at radius 1 is 1.20 bits per heavy atom. The zero-order valence-corrected chi connectivity index (χ0v) is 13.8. The van der Waals surface area contributed by atoms with E-state index in [9.17, 15) is 18.0 Å². The Balaban J connectivity index is 1.99. The van der Waals surface area contributed by atoms with Crippen LogP contribution in [0.5, 0.6) is 11.8 Å². The lowest BCUT2D eigenvalue weighted by Crippen LogP contribution is -2.17. The first-order valence-electron chi connectivity index (χ1n) is 6.61. The van der Waals surface area contributed by atoms with Crippen LogP contribution in [-0.2, 0) is 11.0 Å². The van der Waals surface area contributed by atoms with E-state index in [1.54, 1.807) is 0 Å². The highest BCUT2D eigenvalue weighted by atomic mass is 32.2. The Hall–Kier alpha value is -2.63. The second-order valence-electron chi connectivity index (χ2n) is 4.34. The molecule has 8 nitrogen and oxygen atoms in total. The summed E-state index contributed by atoms with van der Waals surface area (Å²) in [5.41, 5.74) is -1.08. The Morgan fingerprint density at radius 3 is 2.40 bits per heavy atom. The standard InChI is InChI=1S/C13H12F3N5O3S/c1-23-9-5-10(24-2)21-11(20-9)19-8(22)6-25-12-17-4-3-7(18-12)13(14,15)16/h3-5H,6H2,1-2H3,(H,19,20,21,22). The number of anilines is 1. The first kappa shape index (κ1) is 18.7. The maximum Gasteiger partial charge on any atom is 0.433 e. The quantitative estimate of drug-likeness (QED) is 0.605. The summed E-state index contributed by atoms with van der Waals surface area (Å²) in [5, 5.41) is 2.21. The molecule has 0 spiro atoms. The first-order valence-corrected chi connectivity index (χ1v) is 7.60. The molecule has 0 aromatic carbocycles. The van der Waals surface area contributed by atoms with Gasteiger partial charge in [-0.1, -0.05) is 11.8 Å². The summed E-state index contributed by atoms with van der Waals surface area (Å²) in [5.74, 6) is -0.496. The highest BCUT2D eigenvalue weighted by Gasteiger charge is 2.32. The minimum Gasteiger partial charge on any atom is -0.481 e. The zero-order chi connectivity index (χ0) is 18.4. The maximum absolute atomic E-state index is 12.6. The molecule has 2 heterocycles. The molecular weight excluding hydrogens is 363 g/mol. The van der Waals surface area contributed by atoms with Gasteiger partial charge in [0, 0.05) is 6.20 Å².